The molecule has 20 heavy (non-hydrogen) atoms. The Balaban J connectivity index is 1.79. The second kappa shape index (κ2) is 12.1. The number of nitrogens with one attached hydrogen (secondary N) is 1. The number of hydrogen-bond donors (Lipinski definition) is 1. The first-order valence-corrected chi connectivity index (χ1v) is 7.33. The Hall–Kier alpha value is -0.690. The molecule has 1 rings (SSSR count). The van der Waals surface area contributed by atoms with Crippen LogP contribution in [0.15, 0.2) is 0 Å². The van der Waals surface area contributed by atoms with Crippen LogP contribution >= 0.6 is 0 Å². The third kappa shape index (κ3) is 9.25. The molecule has 1 heterocycles. The first-order chi connectivity index (χ1) is 9.83. The summed E-state index contributed by atoms with van der Waals surface area (Å²) in [6, 6.07) is 0. The molecule has 1 aliphatic rings. The number of hydrogen-bond acceptors (Lipinski definition) is 6. The van der Waals surface area contributed by atoms with E-state index in [1.165, 1.54) is 6.42 Å². The summed E-state index contributed by atoms with van der Waals surface area (Å²) in [5, 5.41) is 3.29. The summed E-state index contributed by atoms with van der Waals surface area (Å²) >= 11 is 0. The molecule has 0 aliphatic carbocycles. The molecule has 1 unspecified atom stereocenters. The summed E-state index contributed by atoms with van der Waals surface area (Å²) in [4.78, 5) is 11.5. The molecule has 6 nitrogen and oxygen atoms in total. The minimum Gasteiger partial charge on any atom is -0.463 e. The molecule has 1 fully saturated rings. The SMILES string of the molecule is COCCOCCOCCOC(=O)CCC1CCNC1. The fraction of sp³-hybridized carbons (Fsp3) is 0.929. The Kier molecular flexibility index (Phi) is 10.5. The van der Waals surface area contributed by atoms with Crippen molar-refractivity contribution < 1.29 is 23.7 Å². The summed E-state index contributed by atoms with van der Waals surface area (Å²) in [5.74, 6) is 0.500. The van der Waals surface area contributed by atoms with Crippen molar-refractivity contribution in [3.05, 3.63) is 0 Å². The third-order valence-corrected chi connectivity index (χ3v) is 3.21. The normalized spacial score (nSPS) is 18.4. The molecule has 0 aromatic carbocycles. The number of ether oxygens (including phenoxy) is 4. The van der Waals surface area contributed by atoms with E-state index in [-0.39, 0.29) is 5.97 Å². The highest BCUT2D eigenvalue weighted by molar-refractivity contribution is 5.69. The van der Waals surface area contributed by atoms with E-state index in [1.807, 2.05) is 0 Å². The first-order valence-electron chi connectivity index (χ1n) is 7.33. The van der Waals surface area contributed by atoms with Gasteiger partial charge in [0.25, 0.3) is 0 Å². The molecule has 1 saturated heterocycles. The highest BCUT2D eigenvalue weighted by Gasteiger charge is 2.15. The van der Waals surface area contributed by atoms with Gasteiger partial charge in [-0.25, -0.2) is 0 Å². The van der Waals surface area contributed by atoms with Crippen LogP contribution in [0.2, 0.25) is 0 Å². The van der Waals surface area contributed by atoms with Gasteiger partial charge >= 0.3 is 5.97 Å². The summed E-state index contributed by atoms with van der Waals surface area (Å²) in [5.41, 5.74) is 0. The van der Waals surface area contributed by atoms with Crippen molar-refractivity contribution in [2.75, 3.05) is 59.8 Å². The topological polar surface area (TPSA) is 66.0 Å². The molecule has 0 radical (unpaired) electrons. The minimum atomic E-state index is -0.128. The Bertz CT molecular complexity index is 244. The van der Waals surface area contributed by atoms with Crippen molar-refractivity contribution in [2.45, 2.75) is 19.3 Å². The maximum Gasteiger partial charge on any atom is 0.305 e. The zero-order valence-electron chi connectivity index (χ0n) is 12.4. The Labute approximate surface area is 121 Å². The van der Waals surface area contributed by atoms with E-state index >= 15 is 0 Å². The molecule has 1 aliphatic heterocycles. The maximum absolute atomic E-state index is 11.5. The Morgan fingerprint density at radius 1 is 1.10 bits per heavy atom. The molecule has 118 valence electrons. The predicted octanol–water partition coefficient (Wildman–Crippen LogP) is 0.599. The van der Waals surface area contributed by atoms with E-state index in [9.17, 15) is 4.79 Å². The van der Waals surface area contributed by atoms with Crippen LogP contribution in [0.4, 0.5) is 0 Å². The van der Waals surface area contributed by atoms with Crippen molar-refractivity contribution in [1.29, 1.82) is 0 Å². The van der Waals surface area contributed by atoms with Crippen molar-refractivity contribution in [1.82, 2.24) is 5.32 Å². The number of carbonyl (C=O) groups is 1. The van der Waals surface area contributed by atoms with E-state index < -0.39 is 0 Å². The molecule has 0 aromatic heterocycles. The highest BCUT2D eigenvalue weighted by atomic mass is 16.6. The molecule has 1 atom stereocenters. The Morgan fingerprint density at radius 3 is 2.45 bits per heavy atom. The van der Waals surface area contributed by atoms with E-state index in [1.54, 1.807) is 7.11 Å². The van der Waals surface area contributed by atoms with E-state index in [4.69, 9.17) is 18.9 Å². The number of esters is 1. The van der Waals surface area contributed by atoms with Gasteiger partial charge in [-0.2, -0.15) is 0 Å². The van der Waals surface area contributed by atoms with Gasteiger partial charge in [0.1, 0.15) is 6.61 Å². The highest BCUT2D eigenvalue weighted by Crippen LogP contribution is 2.14. The molecular weight excluding hydrogens is 262 g/mol. The fourth-order valence-corrected chi connectivity index (χ4v) is 2.03. The van der Waals surface area contributed by atoms with Crippen molar-refractivity contribution >= 4 is 5.97 Å². The summed E-state index contributed by atoms with van der Waals surface area (Å²) in [7, 11) is 1.64. The molecular formula is C14H27NO5. The third-order valence-electron chi connectivity index (χ3n) is 3.21. The lowest BCUT2D eigenvalue weighted by molar-refractivity contribution is -0.145. The zero-order chi connectivity index (χ0) is 14.5. The van der Waals surface area contributed by atoms with Crippen molar-refractivity contribution in [3.63, 3.8) is 0 Å². The average molecular weight is 289 g/mol. The van der Waals surface area contributed by atoms with Gasteiger partial charge in [-0.3, -0.25) is 4.79 Å². The standard InChI is InChI=1S/C14H27NO5/c1-17-6-7-18-8-9-19-10-11-20-14(16)3-2-13-4-5-15-12-13/h13,15H,2-12H2,1H3. The largest absolute Gasteiger partial charge is 0.463 e. The number of methoxy groups -OCH3 is 1. The molecule has 0 amide bonds. The summed E-state index contributed by atoms with van der Waals surface area (Å²) in [6.07, 6.45) is 2.59. The van der Waals surface area contributed by atoms with Crippen LogP contribution in [-0.4, -0.2) is 65.8 Å². The predicted molar refractivity (Wildman–Crippen MR) is 74.7 cm³/mol. The van der Waals surface area contributed by atoms with Gasteiger partial charge in [0.15, 0.2) is 0 Å². The van der Waals surface area contributed by atoms with Gasteiger partial charge in [-0.05, 0) is 31.8 Å². The van der Waals surface area contributed by atoms with E-state index in [0.717, 1.165) is 19.5 Å². The second-order valence-electron chi connectivity index (χ2n) is 4.84. The first kappa shape index (κ1) is 17.4. The van der Waals surface area contributed by atoms with Crippen molar-refractivity contribution in [3.8, 4) is 0 Å². The molecule has 0 spiro atoms. The lowest BCUT2D eigenvalue weighted by Crippen LogP contribution is -2.15. The zero-order valence-corrected chi connectivity index (χ0v) is 12.4. The van der Waals surface area contributed by atoms with Crippen molar-refractivity contribution in [2.24, 2.45) is 5.92 Å². The van der Waals surface area contributed by atoms with Crippen LogP contribution in [-0.2, 0) is 23.7 Å². The lowest BCUT2D eigenvalue weighted by Gasteiger charge is -2.09. The molecule has 0 aromatic rings. The summed E-state index contributed by atoms with van der Waals surface area (Å²) < 4.78 is 20.5. The molecule has 6 heteroatoms. The van der Waals surface area contributed by atoms with E-state index in [2.05, 4.69) is 5.32 Å². The van der Waals surface area contributed by atoms with Gasteiger partial charge in [0, 0.05) is 13.5 Å². The van der Waals surface area contributed by atoms with Gasteiger partial charge in [0.05, 0.1) is 33.0 Å². The quantitative estimate of drug-likeness (QED) is 0.419. The van der Waals surface area contributed by atoms with Gasteiger partial charge in [0.2, 0.25) is 0 Å². The van der Waals surface area contributed by atoms with Gasteiger partial charge in [-0.15, -0.1) is 0 Å². The Morgan fingerprint density at radius 2 is 1.80 bits per heavy atom. The van der Waals surface area contributed by atoms with Gasteiger partial charge < -0.3 is 24.3 Å². The fourth-order valence-electron chi connectivity index (χ4n) is 2.03. The van der Waals surface area contributed by atoms with E-state index in [0.29, 0.717) is 52.0 Å². The number of carbonyl (C=O) groups excluding carboxylic acids is 1. The van der Waals surface area contributed by atoms with Crippen LogP contribution in [0.5, 0.6) is 0 Å². The van der Waals surface area contributed by atoms with Crippen LogP contribution in [0.3, 0.4) is 0 Å². The van der Waals surface area contributed by atoms with Gasteiger partial charge in [-0.1, -0.05) is 0 Å². The minimum absolute atomic E-state index is 0.128. The maximum atomic E-state index is 11.5. The van der Waals surface area contributed by atoms with Crippen LogP contribution < -0.4 is 5.32 Å². The monoisotopic (exact) mass is 289 g/mol. The van der Waals surface area contributed by atoms with Crippen LogP contribution in [0, 0.1) is 5.92 Å². The van der Waals surface area contributed by atoms with Crippen LogP contribution in [0.1, 0.15) is 19.3 Å². The molecule has 0 saturated carbocycles. The number of rotatable bonds is 12. The smallest absolute Gasteiger partial charge is 0.305 e. The molecule has 0 bridgehead atoms. The lowest BCUT2D eigenvalue weighted by atomic mass is 10.0. The summed E-state index contributed by atoms with van der Waals surface area (Å²) in [6.45, 7) is 5.05. The van der Waals surface area contributed by atoms with Crippen LogP contribution in [0.25, 0.3) is 0 Å². The molecule has 1 N–H and O–H groups in total. The second-order valence-corrected chi connectivity index (χ2v) is 4.84. The average Bonchev–Trinajstić information content (AvgIpc) is 2.96.